The number of aliphatic imine (C=N–C) groups is 1. The molecule has 1 saturated heterocycles. The molecule has 134 valence electrons. The van der Waals surface area contributed by atoms with Crippen molar-refractivity contribution in [2.75, 3.05) is 26.2 Å². The van der Waals surface area contributed by atoms with E-state index in [2.05, 4.69) is 39.2 Å². The summed E-state index contributed by atoms with van der Waals surface area (Å²) in [5.74, 6) is 1.51. The lowest BCUT2D eigenvalue weighted by Crippen LogP contribution is -2.40. The van der Waals surface area contributed by atoms with Crippen LogP contribution < -0.4 is 5.32 Å². The highest BCUT2D eigenvalue weighted by Crippen LogP contribution is 2.19. The van der Waals surface area contributed by atoms with Crippen molar-refractivity contribution in [3.8, 4) is 11.5 Å². The van der Waals surface area contributed by atoms with Crippen LogP contribution in [0.3, 0.4) is 0 Å². The van der Waals surface area contributed by atoms with Crippen LogP contribution >= 0.6 is 0 Å². The molecule has 0 aliphatic carbocycles. The highest BCUT2D eigenvalue weighted by molar-refractivity contribution is 5.80. The predicted octanol–water partition coefficient (Wildman–Crippen LogP) is 2.22. The average molecular weight is 342 g/mol. The van der Waals surface area contributed by atoms with Crippen molar-refractivity contribution in [3.05, 3.63) is 41.8 Å². The Morgan fingerprint density at radius 1 is 1.40 bits per heavy atom. The van der Waals surface area contributed by atoms with Gasteiger partial charge in [0.05, 0.1) is 11.8 Å². The largest absolute Gasteiger partial charge is 0.444 e. The number of hydrogen-bond donors (Lipinski definition) is 2. The van der Waals surface area contributed by atoms with E-state index in [1.165, 1.54) is 5.56 Å². The van der Waals surface area contributed by atoms with Gasteiger partial charge in [0.15, 0.2) is 5.96 Å². The Balaban J connectivity index is 1.59. The summed E-state index contributed by atoms with van der Waals surface area (Å²) in [6, 6.07) is 8.14. The maximum Gasteiger partial charge on any atom is 0.226 e. The van der Waals surface area contributed by atoms with E-state index in [-0.39, 0.29) is 6.10 Å². The molecule has 0 amide bonds. The van der Waals surface area contributed by atoms with Crippen molar-refractivity contribution in [2.24, 2.45) is 4.99 Å². The van der Waals surface area contributed by atoms with Crippen molar-refractivity contribution < 1.29 is 9.52 Å². The van der Waals surface area contributed by atoms with Gasteiger partial charge in [0, 0.05) is 38.2 Å². The number of aryl methyl sites for hydroxylation is 1. The van der Waals surface area contributed by atoms with Gasteiger partial charge in [-0.05, 0) is 32.4 Å². The maximum absolute atomic E-state index is 9.70. The first-order chi connectivity index (χ1) is 12.2. The third-order valence-electron chi connectivity index (χ3n) is 4.28. The van der Waals surface area contributed by atoms with Crippen molar-refractivity contribution in [1.29, 1.82) is 0 Å². The molecule has 1 aliphatic rings. The van der Waals surface area contributed by atoms with Crippen LogP contribution in [0.2, 0.25) is 0 Å². The molecule has 0 unspecified atom stereocenters. The SMILES string of the molecule is CCNC(=NCCc1coc(-c2ccc(C)cc2)n1)N1CC[C@@H](O)C1. The Morgan fingerprint density at radius 3 is 2.88 bits per heavy atom. The lowest BCUT2D eigenvalue weighted by Gasteiger charge is -2.20. The first kappa shape index (κ1) is 17.5. The van der Waals surface area contributed by atoms with Gasteiger partial charge in [0.25, 0.3) is 0 Å². The molecule has 2 aromatic rings. The van der Waals surface area contributed by atoms with E-state index in [1.807, 2.05) is 19.1 Å². The maximum atomic E-state index is 9.70. The molecule has 25 heavy (non-hydrogen) atoms. The van der Waals surface area contributed by atoms with Crippen LogP contribution in [0.15, 0.2) is 39.9 Å². The van der Waals surface area contributed by atoms with Gasteiger partial charge < -0.3 is 19.7 Å². The summed E-state index contributed by atoms with van der Waals surface area (Å²) < 4.78 is 5.59. The summed E-state index contributed by atoms with van der Waals surface area (Å²) >= 11 is 0. The Hall–Kier alpha value is -2.34. The minimum absolute atomic E-state index is 0.253. The Morgan fingerprint density at radius 2 is 2.20 bits per heavy atom. The molecular formula is C19H26N4O2. The van der Waals surface area contributed by atoms with Gasteiger partial charge >= 0.3 is 0 Å². The summed E-state index contributed by atoms with van der Waals surface area (Å²) in [7, 11) is 0. The number of aliphatic hydroxyl groups is 1. The molecular weight excluding hydrogens is 316 g/mol. The Labute approximate surface area is 148 Å². The molecule has 2 N–H and O–H groups in total. The number of β-amino-alcohol motifs (C(OH)–C–C–N with tert-alkyl or cyclic N) is 1. The average Bonchev–Trinajstić information content (AvgIpc) is 3.24. The van der Waals surface area contributed by atoms with E-state index in [0.717, 1.165) is 43.1 Å². The topological polar surface area (TPSA) is 73.9 Å². The van der Waals surface area contributed by atoms with E-state index >= 15 is 0 Å². The number of aliphatic hydroxyl groups excluding tert-OH is 1. The minimum atomic E-state index is -0.253. The normalized spacial score (nSPS) is 18.0. The van der Waals surface area contributed by atoms with E-state index < -0.39 is 0 Å². The quantitative estimate of drug-likeness (QED) is 0.644. The fraction of sp³-hybridized carbons (Fsp3) is 0.474. The van der Waals surface area contributed by atoms with Gasteiger partial charge in [-0.3, -0.25) is 4.99 Å². The van der Waals surface area contributed by atoms with Gasteiger partial charge in [-0.15, -0.1) is 0 Å². The molecule has 0 spiro atoms. The minimum Gasteiger partial charge on any atom is -0.444 e. The Kier molecular flexibility index (Phi) is 5.71. The number of hydrogen-bond acceptors (Lipinski definition) is 4. The summed E-state index contributed by atoms with van der Waals surface area (Å²) in [5.41, 5.74) is 3.10. The first-order valence-electron chi connectivity index (χ1n) is 8.88. The van der Waals surface area contributed by atoms with E-state index in [0.29, 0.717) is 19.0 Å². The molecule has 6 heteroatoms. The monoisotopic (exact) mass is 342 g/mol. The zero-order chi connectivity index (χ0) is 17.6. The second-order valence-electron chi connectivity index (χ2n) is 6.38. The zero-order valence-corrected chi connectivity index (χ0v) is 14.9. The van der Waals surface area contributed by atoms with Crippen molar-refractivity contribution in [2.45, 2.75) is 32.8 Å². The van der Waals surface area contributed by atoms with Crippen LogP contribution in [-0.2, 0) is 6.42 Å². The number of nitrogens with zero attached hydrogens (tertiary/aromatic N) is 3. The predicted molar refractivity (Wildman–Crippen MR) is 98.6 cm³/mol. The number of guanidine groups is 1. The number of rotatable bonds is 5. The third kappa shape index (κ3) is 4.60. The van der Waals surface area contributed by atoms with E-state index in [9.17, 15) is 5.11 Å². The van der Waals surface area contributed by atoms with Gasteiger partial charge in [0.2, 0.25) is 5.89 Å². The lowest BCUT2D eigenvalue weighted by molar-refractivity contribution is 0.188. The number of benzene rings is 1. The molecule has 2 heterocycles. The molecule has 3 rings (SSSR count). The number of oxazole rings is 1. The molecule has 1 aliphatic heterocycles. The van der Waals surface area contributed by atoms with Gasteiger partial charge in [-0.25, -0.2) is 4.98 Å². The fourth-order valence-corrected chi connectivity index (χ4v) is 2.89. The van der Waals surface area contributed by atoms with Gasteiger partial charge in [-0.2, -0.15) is 0 Å². The first-order valence-corrected chi connectivity index (χ1v) is 8.88. The number of nitrogens with one attached hydrogen (secondary N) is 1. The van der Waals surface area contributed by atoms with Crippen LogP contribution in [0.5, 0.6) is 0 Å². The fourth-order valence-electron chi connectivity index (χ4n) is 2.89. The molecule has 1 fully saturated rings. The van der Waals surface area contributed by atoms with Crippen LogP contribution in [0.25, 0.3) is 11.5 Å². The van der Waals surface area contributed by atoms with Crippen molar-refractivity contribution in [3.63, 3.8) is 0 Å². The Bertz CT molecular complexity index is 708. The van der Waals surface area contributed by atoms with Crippen molar-refractivity contribution in [1.82, 2.24) is 15.2 Å². The van der Waals surface area contributed by atoms with Crippen molar-refractivity contribution >= 4 is 5.96 Å². The summed E-state index contributed by atoms with van der Waals surface area (Å²) in [5, 5.41) is 13.0. The van der Waals surface area contributed by atoms with Gasteiger partial charge in [0.1, 0.15) is 6.26 Å². The highest BCUT2D eigenvalue weighted by Gasteiger charge is 2.22. The number of likely N-dealkylation sites (tertiary alicyclic amines) is 1. The number of aromatic nitrogens is 1. The molecule has 1 aromatic carbocycles. The van der Waals surface area contributed by atoms with Crippen LogP contribution in [0.4, 0.5) is 0 Å². The molecule has 0 radical (unpaired) electrons. The van der Waals surface area contributed by atoms with Crippen LogP contribution in [0, 0.1) is 6.92 Å². The second-order valence-corrected chi connectivity index (χ2v) is 6.38. The molecule has 0 bridgehead atoms. The summed E-state index contributed by atoms with van der Waals surface area (Å²) in [4.78, 5) is 11.3. The van der Waals surface area contributed by atoms with Gasteiger partial charge in [-0.1, -0.05) is 17.7 Å². The molecule has 1 atom stereocenters. The summed E-state index contributed by atoms with van der Waals surface area (Å²) in [6.07, 6.45) is 2.97. The molecule has 1 aromatic heterocycles. The second kappa shape index (κ2) is 8.16. The smallest absolute Gasteiger partial charge is 0.226 e. The van der Waals surface area contributed by atoms with Crippen LogP contribution in [-0.4, -0.2) is 53.2 Å². The van der Waals surface area contributed by atoms with Crippen LogP contribution in [0.1, 0.15) is 24.6 Å². The zero-order valence-electron chi connectivity index (χ0n) is 14.9. The summed E-state index contributed by atoms with van der Waals surface area (Å²) in [6.45, 7) is 7.04. The third-order valence-corrected chi connectivity index (χ3v) is 4.28. The standard InChI is InChI=1S/C19H26N4O2/c1-3-20-19(23-11-9-17(24)12-23)21-10-8-16-13-25-18(22-16)15-6-4-14(2)5-7-15/h4-7,13,17,24H,3,8-12H2,1-2H3,(H,20,21)/t17-/m1/s1. The molecule has 0 saturated carbocycles. The van der Waals surface area contributed by atoms with E-state index in [1.54, 1.807) is 6.26 Å². The van der Waals surface area contributed by atoms with E-state index in [4.69, 9.17) is 4.42 Å². The lowest BCUT2D eigenvalue weighted by atomic mass is 10.1. The molecule has 6 nitrogen and oxygen atoms in total. The highest BCUT2D eigenvalue weighted by atomic mass is 16.3.